The first-order valence-electron chi connectivity index (χ1n) is 12.1. The molecule has 0 aromatic carbocycles. The molecule has 3 aromatic heterocycles. The van der Waals surface area contributed by atoms with Crippen molar-refractivity contribution in [1.82, 2.24) is 19.7 Å². The smallest absolute Gasteiger partial charge is 0.306 e. The number of carboxylic acid groups (broad SMARTS) is 1. The molecular weight excluding hydrogens is 506 g/mol. The van der Waals surface area contributed by atoms with E-state index in [9.17, 15) is 9.90 Å². The molecule has 0 spiro atoms. The third kappa shape index (κ3) is 4.59. The van der Waals surface area contributed by atoms with E-state index < -0.39 is 5.97 Å². The van der Waals surface area contributed by atoms with Crippen molar-refractivity contribution in [1.29, 1.82) is 5.41 Å². The number of halogens is 1. The lowest BCUT2D eigenvalue weighted by Crippen LogP contribution is -2.26. The van der Waals surface area contributed by atoms with E-state index in [1.807, 2.05) is 30.6 Å². The number of pyridine rings is 2. The lowest BCUT2D eigenvalue weighted by molar-refractivity contribution is -0.143. The molecule has 1 fully saturated rings. The molecule has 2 aliphatic rings. The number of rotatable bonds is 4. The maximum atomic E-state index is 11.4. The van der Waals surface area contributed by atoms with Crippen LogP contribution in [-0.2, 0) is 4.79 Å². The second kappa shape index (κ2) is 9.85. The van der Waals surface area contributed by atoms with Crippen LogP contribution in [0.4, 0.5) is 0 Å². The largest absolute Gasteiger partial charge is 0.481 e. The quantitative estimate of drug-likeness (QED) is 0.411. The van der Waals surface area contributed by atoms with E-state index in [1.54, 1.807) is 17.1 Å². The molecule has 3 aromatic rings. The molecule has 1 atom stereocenters. The van der Waals surface area contributed by atoms with Crippen LogP contribution in [-0.4, -0.2) is 36.7 Å². The Morgan fingerprint density at radius 1 is 1.06 bits per heavy atom. The van der Waals surface area contributed by atoms with E-state index in [-0.39, 0.29) is 11.8 Å². The number of aliphatic carboxylic acids is 1. The highest BCUT2D eigenvalue weighted by molar-refractivity contribution is 9.12. The number of carbonyl (C=O) groups is 1. The summed E-state index contributed by atoms with van der Waals surface area (Å²) in [6.07, 6.45) is 12.2. The number of nitrogens with zero attached hydrogens (tertiary/aromatic N) is 4. The topological polar surface area (TPSA) is 105 Å². The summed E-state index contributed by atoms with van der Waals surface area (Å²) < 4.78 is 2.55. The molecule has 8 heteroatoms. The summed E-state index contributed by atoms with van der Waals surface area (Å²) in [5, 5.41) is 22.9. The zero-order chi connectivity index (χ0) is 24.5. The van der Waals surface area contributed by atoms with E-state index in [1.165, 1.54) is 5.57 Å². The van der Waals surface area contributed by atoms with Gasteiger partial charge < -0.3 is 5.11 Å². The first-order valence-corrected chi connectivity index (χ1v) is 12.9. The number of nitrogens with one attached hydrogen (secondary N) is 1. The third-order valence-corrected chi connectivity index (χ3v) is 8.33. The monoisotopic (exact) mass is 533 g/mol. The van der Waals surface area contributed by atoms with Crippen molar-refractivity contribution >= 4 is 27.7 Å². The number of aromatic nitrogens is 4. The molecule has 1 aliphatic carbocycles. The number of hydrogen-bond acceptors (Lipinski definition) is 5. The molecule has 1 saturated carbocycles. The molecule has 0 amide bonds. The molecule has 1 unspecified atom stereocenters. The van der Waals surface area contributed by atoms with Gasteiger partial charge >= 0.3 is 5.97 Å². The Kier molecular flexibility index (Phi) is 6.65. The summed E-state index contributed by atoms with van der Waals surface area (Å²) in [6.45, 7) is 2.20. The van der Waals surface area contributed by atoms with Gasteiger partial charge in [0.25, 0.3) is 0 Å². The van der Waals surface area contributed by atoms with Gasteiger partial charge in [-0.1, -0.05) is 13.0 Å². The summed E-state index contributed by atoms with van der Waals surface area (Å²) in [7, 11) is 0. The van der Waals surface area contributed by atoms with Gasteiger partial charge in [-0.05, 0) is 90.1 Å². The normalized spacial score (nSPS) is 22.9. The van der Waals surface area contributed by atoms with Crippen LogP contribution in [0.1, 0.15) is 57.1 Å². The number of allylic oxidation sites excluding steroid dienone is 2. The molecule has 1 aliphatic heterocycles. The van der Waals surface area contributed by atoms with Gasteiger partial charge in [-0.25, -0.2) is 4.68 Å². The molecule has 0 radical (unpaired) electrons. The van der Waals surface area contributed by atoms with E-state index >= 15 is 0 Å². The van der Waals surface area contributed by atoms with E-state index in [2.05, 4.69) is 44.0 Å². The van der Waals surface area contributed by atoms with E-state index in [0.717, 1.165) is 58.2 Å². The molecule has 7 nitrogen and oxygen atoms in total. The summed E-state index contributed by atoms with van der Waals surface area (Å²) in [5.74, 6) is -0.0637. The molecule has 4 heterocycles. The molecular formula is C27H28BrN5O2. The van der Waals surface area contributed by atoms with Gasteiger partial charge in [-0.2, -0.15) is 5.10 Å². The molecule has 180 valence electrons. The molecule has 0 bridgehead atoms. The zero-order valence-corrected chi connectivity index (χ0v) is 21.2. The minimum absolute atomic E-state index is 0.207. The SMILES string of the molecule is CC1CCC(C2CCC(C(=O)O)CC2)=C(Br)C(=N)n2ncc(-c3ccc(-c4ccncc4)nc3)c21. The first kappa shape index (κ1) is 23.6. The number of fused-ring (bicyclic) bond motifs is 1. The fourth-order valence-electron chi connectivity index (χ4n) is 5.42. The molecule has 0 saturated heterocycles. The summed E-state index contributed by atoms with van der Waals surface area (Å²) in [6, 6.07) is 7.95. The summed E-state index contributed by atoms with van der Waals surface area (Å²) in [5.41, 5.74) is 6.15. The van der Waals surface area contributed by atoms with Crippen molar-refractivity contribution in [3.8, 4) is 22.4 Å². The Balaban J connectivity index is 1.44. The van der Waals surface area contributed by atoms with Crippen LogP contribution < -0.4 is 0 Å². The number of hydrogen-bond donors (Lipinski definition) is 2. The highest BCUT2D eigenvalue weighted by Gasteiger charge is 2.32. The van der Waals surface area contributed by atoms with Crippen LogP contribution in [0, 0.1) is 17.2 Å². The second-order valence-corrected chi connectivity index (χ2v) is 10.3. The minimum atomic E-state index is -0.687. The fourth-order valence-corrected chi connectivity index (χ4v) is 6.10. The second-order valence-electron chi connectivity index (χ2n) is 9.54. The summed E-state index contributed by atoms with van der Waals surface area (Å²) >= 11 is 3.74. The maximum Gasteiger partial charge on any atom is 0.306 e. The zero-order valence-electron chi connectivity index (χ0n) is 19.6. The molecule has 35 heavy (non-hydrogen) atoms. The van der Waals surface area contributed by atoms with Gasteiger partial charge in [0.05, 0.1) is 28.0 Å². The maximum absolute atomic E-state index is 11.4. The van der Waals surface area contributed by atoms with Crippen LogP contribution in [0.5, 0.6) is 0 Å². The van der Waals surface area contributed by atoms with Crippen LogP contribution in [0.15, 0.2) is 59.1 Å². The Morgan fingerprint density at radius 2 is 1.80 bits per heavy atom. The van der Waals surface area contributed by atoms with E-state index in [0.29, 0.717) is 24.6 Å². The Hall–Kier alpha value is -3.13. The van der Waals surface area contributed by atoms with Gasteiger partial charge in [-0.3, -0.25) is 20.2 Å². The Bertz CT molecular complexity index is 1270. The lowest BCUT2D eigenvalue weighted by Gasteiger charge is -2.31. The van der Waals surface area contributed by atoms with Gasteiger partial charge in [0.2, 0.25) is 0 Å². The Labute approximate surface area is 213 Å². The van der Waals surface area contributed by atoms with Crippen molar-refractivity contribution in [2.75, 3.05) is 0 Å². The average molecular weight is 534 g/mol. The van der Waals surface area contributed by atoms with Crippen molar-refractivity contribution < 1.29 is 9.90 Å². The predicted molar refractivity (Wildman–Crippen MR) is 138 cm³/mol. The van der Waals surface area contributed by atoms with Gasteiger partial charge in [-0.15, -0.1) is 0 Å². The van der Waals surface area contributed by atoms with E-state index in [4.69, 9.17) is 5.41 Å². The lowest BCUT2D eigenvalue weighted by atomic mass is 9.76. The minimum Gasteiger partial charge on any atom is -0.481 e. The van der Waals surface area contributed by atoms with Crippen molar-refractivity contribution in [3.63, 3.8) is 0 Å². The van der Waals surface area contributed by atoms with Crippen LogP contribution >= 0.6 is 15.9 Å². The van der Waals surface area contributed by atoms with Crippen LogP contribution in [0.2, 0.25) is 0 Å². The summed E-state index contributed by atoms with van der Waals surface area (Å²) in [4.78, 5) is 20.1. The molecule has 2 N–H and O–H groups in total. The highest BCUT2D eigenvalue weighted by atomic mass is 79.9. The average Bonchev–Trinajstić information content (AvgIpc) is 3.33. The van der Waals surface area contributed by atoms with Gasteiger partial charge in [0.15, 0.2) is 5.84 Å². The van der Waals surface area contributed by atoms with Crippen molar-refractivity contribution in [2.24, 2.45) is 11.8 Å². The fraction of sp³-hybridized carbons (Fsp3) is 0.370. The third-order valence-electron chi connectivity index (χ3n) is 7.44. The highest BCUT2D eigenvalue weighted by Crippen LogP contribution is 2.42. The molecule has 5 rings (SSSR count). The van der Waals surface area contributed by atoms with Gasteiger partial charge in [0, 0.05) is 35.3 Å². The van der Waals surface area contributed by atoms with Crippen LogP contribution in [0.25, 0.3) is 22.4 Å². The number of carboxylic acids is 1. The van der Waals surface area contributed by atoms with Crippen molar-refractivity contribution in [2.45, 2.75) is 51.4 Å². The first-order chi connectivity index (χ1) is 16.9. The van der Waals surface area contributed by atoms with Gasteiger partial charge in [0.1, 0.15) is 0 Å². The Morgan fingerprint density at radius 3 is 2.46 bits per heavy atom. The van der Waals surface area contributed by atoms with Crippen molar-refractivity contribution in [3.05, 3.63) is 64.8 Å². The standard InChI is InChI=1S/C27H28BrN5O2/c1-16-2-8-21(17-3-5-19(6-4-17)27(34)35)24(28)26(29)33-25(16)22(15-32-33)20-7-9-23(31-14-20)18-10-12-30-13-11-18/h7,9-17,19,29H,2-6,8H2,1H3,(H,34,35). The van der Waals surface area contributed by atoms with Crippen LogP contribution in [0.3, 0.4) is 0 Å². The predicted octanol–water partition coefficient (Wildman–Crippen LogP) is 6.27.